The second-order valence-corrected chi connectivity index (χ2v) is 5.68. The Morgan fingerprint density at radius 3 is 2.25 bits per heavy atom. The highest BCUT2D eigenvalue weighted by molar-refractivity contribution is 6.42. The van der Waals surface area contributed by atoms with Crippen molar-refractivity contribution in [3.05, 3.63) is 76.5 Å². The van der Waals surface area contributed by atoms with Crippen LogP contribution in [0.25, 0.3) is 0 Å². The van der Waals surface area contributed by atoms with E-state index in [0.29, 0.717) is 32.9 Å². The molecule has 0 atom stereocenters. The predicted molar refractivity (Wildman–Crippen MR) is 96.2 cm³/mol. The van der Waals surface area contributed by atoms with E-state index in [-0.39, 0.29) is 5.91 Å². The molecule has 0 bridgehead atoms. The first-order valence-electron chi connectivity index (χ1n) is 7.02. The molecule has 2 aromatic carbocycles. The zero-order valence-corrected chi connectivity index (χ0v) is 13.8. The summed E-state index contributed by atoms with van der Waals surface area (Å²) in [5.41, 5.74) is 1.77. The molecule has 24 heavy (non-hydrogen) atoms. The summed E-state index contributed by atoms with van der Waals surface area (Å²) in [5.74, 6) is 0.0759. The van der Waals surface area contributed by atoms with Gasteiger partial charge in [0, 0.05) is 23.8 Å². The maximum absolute atomic E-state index is 12.1. The van der Waals surface area contributed by atoms with Gasteiger partial charge in [0.2, 0.25) is 5.95 Å². The monoisotopic (exact) mass is 358 g/mol. The zero-order valence-electron chi connectivity index (χ0n) is 12.3. The molecule has 0 aliphatic heterocycles. The van der Waals surface area contributed by atoms with Crippen molar-refractivity contribution >= 4 is 46.4 Å². The first-order valence-corrected chi connectivity index (χ1v) is 7.78. The minimum atomic E-state index is -0.276. The number of carbonyl (C=O) groups excluding carboxylic acids is 1. The van der Waals surface area contributed by atoms with Crippen LogP contribution in [-0.2, 0) is 0 Å². The minimum absolute atomic E-state index is 0.276. The van der Waals surface area contributed by atoms with Crippen molar-refractivity contribution in [2.75, 3.05) is 10.6 Å². The molecule has 1 aromatic heterocycles. The Hall–Kier alpha value is -2.63. The van der Waals surface area contributed by atoms with Crippen LogP contribution in [0.2, 0.25) is 10.0 Å². The molecule has 1 amide bonds. The number of aromatic nitrogens is 2. The number of carbonyl (C=O) groups is 1. The van der Waals surface area contributed by atoms with Crippen molar-refractivity contribution < 1.29 is 4.79 Å². The number of rotatable bonds is 4. The van der Waals surface area contributed by atoms with Gasteiger partial charge in [0.25, 0.3) is 5.91 Å². The highest BCUT2D eigenvalue weighted by Gasteiger charge is 2.08. The van der Waals surface area contributed by atoms with Gasteiger partial charge in [0.05, 0.1) is 15.6 Å². The molecule has 0 aliphatic carbocycles. The van der Waals surface area contributed by atoms with Gasteiger partial charge >= 0.3 is 0 Å². The molecule has 0 fully saturated rings. The van der Waals surface area contributed by atoms with Crippen LogP contribution < -0.4 is 10.6 Å². The SMILES string of the molecule is O=C(Nc1ccccc1)c1cnc(Nc2ccc(Cl)c(Cl)c2)nc1. The third-order valence-corrected chi connectivity index (χ3v) is 3.86. The van der Waals surface area contributed by atoms with Crippen LogP contribution in [0.4, 0.5) is 17.3 Å². The van der Waals surface area contributed by atoms with Gasteiger partial charge in [-0.25, -0.2) is 9.97 Å². The number of nitrogens with one attached hydrogen (secondary N) is 2. The summed E-state index contributed by atoms with van der Waals surface area (Å²) in [5, 5.41) is 6.66. The van der Waals surface area contributed by atoms with Gasteiger partial charge in [0.15, 0.2) is 0 Å². The molecule has 0 unspecified atom stereocenters. The Balaban J connectivity index is 1.68. The van der Waals surface area contributed by atoms with Gasteiger partial charge < -0.3 is 10.6 Å². The highest BCUT2D eigenvalue weighted by atomic mass is 35.5. The Labute approximate surface area is 148 Å². The molecule has 0 saturated carbocycles. The Morgan fingerprint density at radius 2 is 1.58 bits per heavy atom. The number of nitrogens with zero attached hydrogens (tertiary/aromatic N) is 2. The van der Waals surface area contributed by atoms with Crippen molar-refractivity contribution in [3.63, 3.8) is 0 Å². The Bertz CT molecular complexity index is 854. The van der Waals surface area contributed by atoms with Crippen molar-refractivity contribution in [2.24, 2.45) is 0 Å². The fraction of sp³-hybridized carbons (Fsp3) is 0. The van der Waals surface area contributed by atoms with E-state index < -0.39 is 0 Å². The molecule has 0 spiro atoms. The van der Waals surface area contributed by atoms with Crippen LogP contribution in [0.1, 0.15) is 10.4 Å². The van der Waals surface area contributed by atoms with Crippen LogP contribution in [0.5, 0.6) is 0 Å². The lowest BCUT2D eigenvalue weighted by Gasteiger charge is -2.07. The number of hydrogen-bond donors (Lipinski definition) is 2. The summed E-state index contributed by atoms with van der Waals surface area (Å²) in [4.78, 5) is 20.4. The minimum Gasteiger partial charge on any atom is -0.324 e. The van der Waals surface area contributed by atoms with E-state index in [2.05, 4.69) is 20.6 Å². The van der Waals surface area contributed by atoms with Crippen molar-refractivity contribution in [2.45, 2.75) is 0 Å². The molecule has 1 heterocycles. The van der Waals surface area contributed by atoms with Gasteiger partial charge in [-0.15, -0.1) is 0 Å². The standard InChI is InChI=1S/C17H12Cl2N4O/c18-14-7-6-13(8-15(14)19)23-17-20-9-11(10-21-17)16(24)22-12-4-2-1-3-5-12/h1-10H,(H,22,24)(H,20,21,23). The maximum atomic E-state index is 12.1. The summed E-state index contributed by atoms with van der Waals surface area (Å²) in [6.07, 6.45) is 2.90. The molecule has 0 saturated heterocycles. The Morgan fingerprint density at radius 1 is 0.875 bits per heavy atom. The van der Waals surface area contributed by atoms with E-state index in [9.17, 15) is 4.79 Å². The predicted octanol–water partition coefficient (Wildman–Crippen LogP) is 4.78. The smallest absolute Gasteiger partial charge is 0.258 e. The summed E-state index contributed by atoms with van der Waals surface area (Å²) in [7, 11) is 0. The van der Waals surface area contributed by atoms with Gasteiger partial charge in [-0.1, -0.05) is 41.4 Å². The van der Waals surface area contributed by atoms with Crippen LogP contribution in [0, 0.1) is 0 Å². The van der Waals surface area contributed by atoms with Crippen LogP contribution in [0.3, 0.4) is 0 Å². The molecule has 0 radical (unpaired) electrons. The summed E-state index contributed by atoms with van der Waals surface area (Å²) in [6.45, 7) is 0. The van der Waals surface area contributed by atoms with E-state index in [1.807, 2.05) is 18.2 Å². The number of amides is 1. The molecule has 120 valence electrons. The van der Waals surface area contributed by atoms with Crippen molar-refractivity contribution in [1.82, 2.24) is 9.97 Å². The van der Waals surface area contributed by atoms with Gasteiger partial charge in [-0.05, 0) is 30.3 Å². The first-order chi connectivity index (χ1) is 11.6. The molecular formula is C17H12Cl2N4O. The summed E-state index contributed by atoms with van der Waals surface area (Å²) in [6, 6.07) is 14.3. The Kier molecular flexibility index (Phi) is 4.93. The molecule has 3 aromatic rings. The third kappa shape index (κ3) is 4.01. The highest BCUT2D eigenvalue weighted by Crippen LogP contribution is 2.26. The lowest BCUT2D eigenvalue weighted by Crippen LogP contribution is -2.13. The average Bonchev–Trinajstić information content (AvgIpc) is 2.60. The van der Waals surface area contributed by atoms with Crippen LogP contribution in [-0.4, -0.2) is 15.9 Å². The van der Waals surface area contributed by atoms with Crippen LogP contribution >= 0.6 is 23.2 Å². The van der Waals surface area contributed by atoms with Gasteiger partial charge in [-0.3, -0.25) is 4.79 Å². The lowest BCUT2D eigenvalue weighted by molar-refractivity contribution is 0.102. The van der Waals surface area contributed by atoms with E-state index in [4.69, 9.17) is 23.2 Å². The number of para-hydroxylation sites is 1. The largest absolute Gasteiger partial charge is 0.324 e. The first kappa shape index (κ1) is 16.2. The maximum Gasteiger partial charge on any atom is 0.258 e. The normalized spacial score (nSPS) is 10.2. The van der Waals surface area contributed by atoms with Crippen molar-refractivity contribution in [3.8, 4) is 0 Å². The molecule has 7 heteroatoms. The van der Waals surface area contributed by atoms with E-state index in [0.717, 1.165) is 0 Å². The zero-order chi connectivity index (χ0) is 16.9. The van der Waals surface area contributed by atoms with Crippen LogP contribution in [0.15, 0.2) is 60.9 Å². The van der Waals surface area contributed by atoms with Gasteiger partial charge in [0.1, 0.15) is 0 Å². The molecule has 0 aliphatic rings. The van der Waals surface area contributed by atoms with E-state index in [1.165, 1.54) is 12.4 Å². The van der Waals surface area contributed by atoms with Gasteiger partial charge in [-0.2, -0.15) is 0 Å². The lowest BCUT2D eigenvalue weighted by atomic mass is 10.3. The number of halogens is 2. The number of benzene rings is 2. The fourth-order valence-electron chi connectivity index (χ4n) is 1.94. The van der Waals surface area contributed by atoms with E-state index >= 15 is 0 Å². The third-order valence-electron chi connectivity index (χ3n) is 3.12. The molecule has 2 N–H and O–H groups in total. The molecule has 3 rings (SSSR count). The fourth-order valence-corrected chi connectivity index (χ4v) is 2.24. The topological polar surface area (TPSA) is 66.9 Å². The second-order valence-electron chi connectivity index (χ2n) is 4.87. The quantitative estimate of drug-likeness (QED) is 0.704. The molecule has 5 nitrogen and oxygen atoms in total. The summed E-state index contributed by atoms with van der Waals surface area (Å²) >= 11 is 11.8. The average molecular weight is 359 g/mol. The number of hydrogen-bond acceptors (Lipinski definition) is 4. The summed E-state index contributed by atoms with van der Waals surface area (Å²) < 4.78 is 0. The molecular weight excluding hydrogens is 347 g/mol. The number of anilines is 3. The van der Waals surface area contributed by atoms with Crippen molar-refractivity contribution in [1.29, 1.82) is 0 Å². The second kappa shape index (κ2) is 7.29. The van der Waals surface area contributed by atoms with E-state index in [1.54, 1.807) is 30.3 Å².